The van der Waals surface area contributed by atoms with E-state index in [1.807, 2.05) is 6.92 Å². The number of Topliss-reactive ketones (excluding diaryl/α,β-unsaturated/α-hetero) is 1. The van der Waals surface area contributed by atoms with Gasteiger partial charge in [-0.2, -0.15) is 4.98 Å². The zero-order valence-electron chi connectivity index (χ0n) is 12.3. The number of aromatic nitrogens is 1. The van der Waals surface area contributed by atoms with Gasteiger partial charge in [-0.05, 0) is 12.5 Å². The van der Waals surface area contributed by atoms with Crippen molar-refractivity contribution >= 4 is 40.6 Å². The lowest BCUT2D eigenvalue weighted by Gasteiger charge is -2.14. The third-order valence-corrected chi connectivity index (χ3v) is 4.13. The van der Waals surface area contributed by atoms with Crippen LogP contribution in [-0.4, -0.2) is 47.6 Å². The van der Waals surface area contributed by atoms with E-state index in [9.17, 15) is 9.90 Å². The molecule has 23 heavy (non-hydrogen) atoms. The smallest absolute Gasteiger partial charge is 0.234 e. The lowest BCUT2D eigenvalue weighted by atomic mass is 10.1. The van der Waals surface area contributed by atoms with E-state index in [0.717, 1.165) is 6.42 Å². The molecule has 0 saturated carbocycles. The minimum atomic E-state index is -0.891. The molecule has 0 radical (unpaired) electrons. The topological polar surface area (TPSA) is 77.9 Å². The SMILES string of the molecule is CCCC1OC(CO)C(C(=O)COc2nc(Cl)c(Cl)cc2Cl)O1. The van der Waals surface area contributed by atoms with Crippen LogP contribution < -0.4 is 4.74 Å². The predicted molar refractivity (Wildman–Crippen MR) is 85.3 cm³/mol. The van der Waals surface area contributed by atoms with E-state index >= 15 is 0 Å². The second-order valence-electron chi connectivity index (χ2n) is 4.93. The Kier molecular flexibility index (Phi) is 6.88. The first-order valence-corrected chi connectivity index (χ1v) is 8.18. The number of rotatable bonds is 7. The third kappa shape index (κ3) is 4.68. The Labute approximate surface area is 148 Å². The van der Waals surface area contributed by atoms with Crippen molar-refractivity contribution < 1.29 is 24.1 Å². The number of halogens is 3. The molecule has 1 aliphatic rings. The molecule has 0 spiro atoms. The summed E-state index contributed by atoms with van der Waals surface area (Å²) < 4.78 is 16.3. The number of aliphatic hydroxyl groups excluding tert-OH is 1. The molecule has 0 bridgehead atoms. The van der Waals surface area contributed by atoms with Crippen molar-refractivity contribution in [1.29, 1.82) is 0 Å². The summed E-state index contributed by atoms with van der Waals surface area (Å²) in [7, 11) is 0. The Bertz CT molecular complexity index is 572. The van der Waals surface area contributed by atoms with Crippen LogP contribution in [0.3, 0.4) is 0 Å². The monoisotopic (exact) mass is 383 g/mol. The number of pyridine rings is 1. The van der Waals surface area contributed by atoms with E-state index in [-0.39, 0.29) is 40.1 Å². The van der Waals surface area contributed by atoms with E-state index < -0.39 is 18.5 Å². The molecule has 6 nitrogen and oxygen atoms in total. The molecule has 1 saturated heterocycles. The predicted octanol–water partition coefficient (Wildman–Crippen LogP) is 2.89. The average molecular weight is 385 g/mol. The van der Waals surface area contributed by atoms with Crippen LogP contribution >= 0.6 is 34.8 Å². The highest BCUT2D eigenvalue weighted by Gasteiger charge is 2.40. The quantitative estimate of drug-likeness (QED) is 0.728. The number of carbonyl (C=O) groups excluding carboxylic acids is 1. The normalized spacial score (nSPS) is 24.0. The number of ketones is 1. The van der Waals surface area contributed by atoms with Crippen molar-refractivity contribution in [2.24, 2.45) is 0 Å². The molecule has 3 unspecified atom stereocenters. The molecule has 2 heterocycles. The molecule has 2 rings (SSSR count). The number of aliphatic hydroxyl groups is 1. The molecule has 3 atom stereocenters. The summed E-state index contributed by atoms with van der Waals surface area (Å²) in [5, 5.41) is 9.65. The fourth-order valence-electron chi connectivity index (χ4n) is 2.09. The van der Waals surface area contributed by atoms with Crippen molar-refractivity contribution in [2.45, 2.75) is 38.3 Å². The number of nitrogens with zero attached hydrogens (tertiary/aromatic N) is 1. The van der Waals surface area contributed by atoms with Crippen LogP contribution in [-0.2, 0) is 14.3 Å². The molecule has 9 heteroatoms. The molecule has 0 aromatic carbocycles. The molecular weight excluding hydrogens is 369 g/mol. The van der Waals surface area contributed by atoms with Gasteiger partial charge in [0.25, 0.3) is 0 Å². The Hall–Kier alpha value is -0.630. The van der Waals surface area contributed by atoms with Gasteiger partial charge in [-0.1, -0.05) is 48.1 Å². The highest BCUT2D eigenvalue weighted by Crippen LogP contribution is 2.30. The lowest BCUT2D eigenvalue weighted by molar-refractivity contribution is -0.134. The first-order chi connectivity index (χ1) is 11.0. The van der Waals surface area contributed by atoms with Gasteiger partial charge in [0.2, 0.25) is 11.7 Å². The summed E-state index contributed by atoms with van der Waals surface area (Å²) in [6.45, 7) is 1.31. The van der Waals surface area contributed by atoms with Crippen molar-refractivity contribution in [1.82, 2.24) is 4.98 Å². The van der Waals surface area contributed by atoms with Crippen molar-refractivity contribution in [3.63, 3.8) is 0 Å². The molecule has 1 aliphatic heterocycles. The first kappa shape index (κ1) is 18.7. The summed E-state index contributed by atoms with van der Waals surface area (Å²) in [5.41, 5.74) is 0. The van der Waals surface area contributed by atoms with Crippen molar-refractivity contribution in [3.8, 4) is 5.88 Å². The number of ether oxygens (including phenoxy) is 3. The summed E-state index contributed by atoms with van der Waals surface area (Å²) in [6, 6.07) is 1.38. The van der Waals surface area contributed by atoms with E-state index in [2.05, 4.69) is 4.98 Å². The van der Waals surface area contributed by atoms with Gasteiger partial charge in [-0.25, -0.2) is 0 Å². The average Bonchev–Trinajstić information content (AvgIpc) is 2.93. The van der Waals surface area contributed by atoms with Crippen LogP contribution in [0, 0.1) is 0 Å². The zero-order valence-corrected chi connectivity index (χ0v) is 14.6. The molecule has 0 amide bonds. The van der Waals surface area contributed by atoms with Gasteiger partial charge in [0.05, 0.1) is 11.6 Å². The molecule has 128 valence electrons. The second-order valence-corrected chi connectivity index (χ2v) is 6.11. The molecule has 1 aromatic heterocycles. The van der Waals surface area contributed by atoms with Crippen LogP contribution in [0.25, 0.3) is 0 Å². The first-order valence-electron chi connectivity index (χ1n) is 7.05. The minimum Gasteiger partial charge on any atom is -0.468 e. The Morgan fingerprint density at radius 2 is 2.09 bits per heavy atom. The zero-order chi connectivity index (χ0) is 17.0. The highest BCUT2D eigenvalue weighted by molar-refractivity contribution is 6.42. The van der Waals surface area contributed by atoms with Crippen LogP contribution in [0.5, 0.6) is 5.88 Å². The van der Waals surface area contributed by atoms with Gasteiger partial charge in [-0.3, -0.25) is 4.79 Å². The highest BCUT2D eigenvalue weighted by atomic mass is 35.5. The largest absolute Gasteiger partial charge is 0.468 e. The fraction of sp³-hybridized carbons (Fsp3) is 0.571. The summed E-state index contributed by atoms with van der Waals surface area (Å²) in [5.74, 6) is -0.384. The van der Waals surface area contributed by atoms with E-state index in [1.54, 1.807) is 0 Å². The van der Waals surface area contributed by atoms with E-state index in [0.29, 0.717) is 6.42 Å². The van der Waals surface area contributed by atoms with Crippen molar-refractivity contribution in [3.05, 3.63) is 21.3 Å². The minimum absolute atomic E-state index is 0.000936. The maximum atomic E-state index is 12.2. The van der Waals surface area contributed by atoms with Gasteiger partial charge < -0.3 is 19.3 Å². The molecule has 0 aliphatic carbocycles. The molecule has 1 N–H and O–H groups in total. The Balaban J connectivity index is 1.98. The van der Waals surface area contributed by atoms with Crippen molar-refractivity contribution in [2.75, 3.05) is 13.2 Å². The third-order valence-electron chi connectivity index (χ3n) is 3.19. The summed E-state index contributed by atoms with van der Waals surface area (Å²) in [4.78, 5) is 16.1. The Morgan fingerprint density at radius 3 is 2.74 bits per heavy atom. The number of hydrogen-bond donors (Lipinski definition) is 1. The summed E-state index contributed by atoms with van der Waals surface area (Å²) >= 11 is 17.5. The number of carbonyl (C=O) groups is 1. The van der Waals surface area contributed by atoms with Gasteiger partial charge >= 0.3 is 0 Å². The lowest BCUT2D eigenvalue weighted by Crippen LogP contribution is -2.37. The van der Waals surface area contributed by atoms with Gasteiger partial charge in [0, 0.05) is 0 Å². The Morgan fingerprint density at radius 1 is 1.35 bits per heavy atom. The summed E-state index contributed by atoms with van der Waals surface area (Å²) in [6.07, 6.45) is -0.625. The van der Waals surface area contributed by atoms with Crippen LogP contribution in [0.1, 0.15) is 19.8 Å². The molecule has 1 aromatic rings. The van der Waals surface area contributed by atoms with Gasteiger partial charge in [-0.15, -0.1) is 0 Å². The van der Waals surface area contributed by atoms with E-state index in [4.69, 9.17) is 49.0 Å². The maximum absolute atomic E-state index is 12.2. The van der Waals surface area contributed by atoms with Crippen LogP contribution in [0.15, 0.2) is 6.07 Å². The van der Waals surface area contributed by atoms with Crippen LogP contribution in [0.4, 0.5) is 0 Å². The van der Waals surface area contributed by atoms with Gasteiger partial charge in [0.15, 0.2) is 24.2 Å². The molecular formula is C14H16Cl3NO5. The fourth-order valence-corrected chi connectivity index (χ4v) is 2.64. The van der Waals surface area contributed by atoms with Crippen LogP contribution in [0.2, 0.25) is 15.2 Å². The van der Waals surface area contributed by atoms with E-state index in [1.165, 1.54) is 6.07 Å². The number of hydrogen-bond acceptors (Lipinski definition) is 6. The van der Waals surface area contributed by atoms with Gasteiger partial charge in [0.1, 0.15) is 11.1 Å². The molecule has 1 fully saturated rings. The maximum Gasteiger partial charge on any atom is 0.234 e. The standard InChI is InChI=1S/C14H16Cl3NO5/c1-2-3-11-22-10(5-19)12(23-11)9(20)6-21-14-8(16)4-7(15)13(17)18-14/h4,10-12,19H,2-3,5-6H2,1H3. The second kappa shape index (κ2) is 8.46.